The first kappa shape index (κ1) is 18.3. The van der Waals surface area contributed by atoms with Crippen LogP contribution in [0, 0.1) is 11.8 Å². The van der Waals surface area contributed by atoms with Crippen molar-refractivity contribution in [3.63, 3.8) is 0 Å². The van der Waals surface area contributed by atoms with Crippen LogP contribution in [0.4, 0.5) is 4.79 Å². The summed E-state index contributed by atoms with van der Waals surface area (Å²) in [6.07, 6.45) is 3.26. The molecule has 6 heteroatoms. The number of carbonyl (C=O) groups excluding carboxylic acids is 1. The number of carbonyl (C=O) groups is 1. The second-order valence-electron chi connectivity index (χ2n) is 7.33. The molecule has 2 N–H and O–H groups in total. The Morgan fingerprint density at radius 3 is 2.33 bits per heavy atom. The number of sulfone groups is 1. The topological polar surface area (TPSA) is 75.3 Å². The van der Waals surface area contributed by atoms with Gasteiger partial charge in [-0.15, -0.1) is 0 Å². The van der Waals surface area contributed by atoms with E-state index < -0.39 is 14.6 Å². The van der Waals surface area contributed by atoms with Gasteiger partial charge in [0, 0.05) is 12.6 Å². The highest BCUT2D eigenvalue weighted by Gasteiger charge is 2.29. The summed E-state index contributed by atoms with van der Waals surface area (Å²) in [6.45, 7) is 9.57. The van der Waals surface area contributed by atoms with Gasteiger partial charge in [-0.05, 0) is 51.9 Å². The van der Waals surface area contributed by atoms with E-state index in [-0.39, 0.29) is 24.4 Å². The van der Waals surface area contributed by atoms with Crippen LogP contribution in [-0.4, -0.2) is 37.5 Å². The lowest BCUT2D eigenvalue weighted by atomic mass is 9.80. The van der Waals surface area contributed by atoms with Crippen molar-refractivity contribution in [2.45, 2.75) is 64.7 Å². The van der Waals surface area contributed by atoms with Crippen LogP contribution in [0.15, 0.2) is 0 Å². The fourth-order valence-electron chi connectivity index (χ4n) is 2.70. The third-order valence-corrected chi connectivity index (χ3v) is 6.94. The van der Waals surface area contributed by atoms with Crippen molar-refractivity contribution in [2.75, 3.05) is 12.3 Å². The molecule has 0 spiro atoms. The maximum atomic E-state index is 11.9. The van der Waals surface area contributed by atoms with Crippen LogP contribution < -0.4 is 10.6 Å². The Labute approximate surface area is 129 Å². The number of rotatable bonds is 4. The molecule has 0 aromatic heterocycles. The molecule has 0 heterocycles. The van der Waals surface area contributed by atoms with E-state index in [0.29, 0.717) is 5.92 Å². The molecule has 1 saturated carbocycles. The first-order valence-corrected chi connectivity index (χ1v) is 9.45. The molecule has 0 aromatic carbocycles. The smallest absolute Gasteiger partial charge is 0.315 e. The zero-order valence-electron chi connectivity index (χ0n) is 13.9. The molecule has 0 radical (unpaired) electrons. The minimum atomic E-state index is -3.19. The molecular weight excluding hydrogens is 288 g/mol. The van der Waals surface area contributed by atoms with Crippen LogP contribution in [0.2, 0.25) is 0 Å². The molecule has 5 nitrogen and oxygen atoms in total. The van der Waals surface area contributed by atoms with E-state index in [1.807, 2.05) is 0 Å². The Morgan fingerprint density at radius 1 is 1.19 bits per heavy atom. The zero-order chi connectivity index (χ0) is 16.3. The van der Waals surface area contributed by atoms with Crippen molar-refractivity contribution in [3.05, 3.63) is 0 Å². The van der Waals surface area contributed by atoms with Gasteiger partial charge in [-0.1, -0.05) is 13.8 Å². The van der Waals surface area contributed by atoms with Crippen molar-refractivity contribution < 1.29 is 13.2 Å². The predicted molar refractivity (Wildman–Crippen MR) is 86.0 cm³/mol. The van der Waals surface area contributed by atoms with Crippen LogP contribution in [0.1, 0.15) is 53.9 Å². The van der Waals surface area contributed by atoms with Gasteiger partial charge in [-0.2, -0.15) is 0 Å². The first-order valence-electron chi connectivity index (χ1n) is 7.79. The number of urea groups is 1. The van der Waals surface area contributed by atoms with Gasteiger partial charge in [0.1, 0.15) is 0 Å². The Kier molecular flexibility index (Phi) is 6.08. The molecule has 0 aromatic rings. The minimum absolute atomic E-state index is 0.0266. The minimum Gasteiger partial charge on any atom is -0.337 e. The average Bonchev–Trinajstić information content (AvgIpc) is 2.31. The molecule has 0 unspecified atom stereocenters. The van der Waals surface area contributed by atoms with Gasteiger partial charge < -0.3 is 10.6 Å². The standard InChI is InChI=1S/C15H30N2O3S/c1-11-6-7-13(12(2)10-11)17-14(18)16-8-9-21(19,20)15(3,4)5/h11-13H,6-10H2,1-5H3,(H2,16,17,18)/t11-,12-,13-/m0/s1. The molecule has 0 aliphatic heterocycles. The summed E-state index contributed by atoms with van der Waals surface area (Å²) in [4.78, 5) is 11.9. The van der Waals surface area contributed by atoms with Crippen LogP contribution in [0.5, 0.6) is 0 Å². The Bertz CT molecular complexity index is 454. The van der Waals surface area contributed by atoms with E-state index in [0.717, 1.165) is 25.2 Å². The lowest BCUT2D eigenvalue weighted by Crippen LogP contribution is -2.48. The summed E-state index contributed by atoms with van der Waals surface area (Å²) in [5, 5.41) is 5.63. The maximum Gasteiger partial charge on any atom is 0.315 e. The highest BCUT2D eigenvalue weighted by atomic mass is 32.2. The molecule has 3 atom stereocenters. The number of hydrogen-bond acceptors (Lipinski definition) is 3. The quantitative estimate of drug-likeness (QED) is 0.835. The molecule has 0 bridgehead atoms. The van der Waals surface area contributed by atoms with Gasteiger partial charge >= 0.3 is 6.03 Å². The maximum absolute atomic E-state index is 11.9. The van der Waals surface area contributed by atoms with E-state index in [9.17, 15) is 13.2 Å². The van der Waals surface area contributed by atoms with Crippen LogP contribution in [0.25, 0.3) is 0 Å². The Morgan fingerprint density at radius 2 is 1.81 bits per heavy atom. The highest BCUT2D eigenvalue weighted by molar-refractivity contribution is 7.92. The Balaban J connectivity index is 2.35. The average molecular weight is 318 g/mol. The number of hydrogen-bond donors (Lipinski definition) is 2. The molecular formula is C15H30N2O3S. The van der Waals surface area contributed by atoms with Crippen molar-refractivity contribution >= 4 is 15.9 Å². The SMILES string of the molecule is C[C@H]1CC[C@H](NC(=O)NCCS(=O)(=O)C(C)(C)C)[C@@H](C)C1. The van der Waals surface area contributed by atoms with E-state index in [2.05, 4.69) is 24.5 Å². The molecule has 2 amide bonds. The fraction of sp³-hybridized carbons (Fsp3) is 0.933. The van der Waals surface area contributed by atoms with Gasteiger partial charge in [-0.3, -0.25) is 0 Å². The summed E-state index contributed by atoms with van der Waals surface area (Å²) >= 11 is 0. The van der Waals surface area contributed by atoms with Crippen molar-refractivity contribution in [1.82, 2.24) is 10.6 Å². The summed E-state index contributed by atoms with van der Waals surface area (Å²) in [5.74, 6) is 1.16. The van der Waals surface area contributed by atoms with Gasteiger partial charge in [-0.25, -0.2) is 13.2 Å². The fourth-order valence-corrected chi connectivity index (χ4v) is 3.69. The third-order valence-electron chi connectivity index (χ3n) is 4.34. The van der Waals surface area contributed by atoms with Crippen LogP contribution in [0.3, 0.4) is 0 Å². The normalized spacial score (nSPS) is 27.2. The summed E-state index contributed by atoms with van der Waals surface area (Å²) < 4.78 is 23.1. The molecule has 1 aliphatic rings. The number of amides is 2. The Hall–Kier alpha value is -0.780. The van der Waals surface area contributed by atoms with Crippen molar-refractivity contribution in [2.24, 2.45) is 11.8 Å². The van der Waals surface area contributed by atoms with Gasteiger partial charge in [0.15, 0.2) is 9.84 Å². The molecule has 0 saturated heterocycles. The molecule has 1 rings (SSSR count). The second-order valence-corrected chi connectivity index (χ2v) is 10.2. The third kappa shape index (κ3) is 5.49. The largest absolute Gasteiger partial charge is 0.337 e. The lowest BCUT2D eigenvalue weighted by Gasteiger charge is -2.33. The van der Waals surface area contributed by atoms with E-state index in [1.54, 1.807) is 20.8 Å². The van der Waals surface area contributed by atoms with Gasteiger partial charge in [0.25, 0.3) is 0 Å². The zero-order valence-corrected chi connectivity index (χ0v) is 14.7. The lowest BCUT2D eigenvalue weighted by molar-refractivity contribution is 0.207. The number of nitrogens with one attached hydrogen (secondary N) is 2. The molecule has 1 fully saturated rings. The monoisotopic (exact) mass is 318 g/mol. The van der Waals surface area contributed by atoms with Crippen LogP contribution >= 0.6 is 0 Å². The van der Waals surface area contributed by atoms with Crippen molar-refractivity contribution in [1.29, 1.82) is 0 Å². The van der Waals surface area contributed by atoms with Gasteiger partial charge in [0.05, 0.1) is 10.5 Å². The summed E-state index contributed by atoms with van der Waals surface area (Å²) in [6, 6.07) is -0.0639. The summed E-state index contributed by atoms with van der Waals surface area (Å²) in [7, 11) is -3.19. The van der Waals surface area contributed by atoms with Crippen molar-refractivity contribution in [3.8, 4) is 0 Å². The second kappa shape index (κ2) is 6.99. The van der Waals surface area contributed by atoms with Crippen LogP contribution in [-0.2, 0) is 9.84 Å². The van der Waals surface area contributed by atoms with E-state index >= 15 is 0 Å². The molecule has 21 heavy (non-hydrogen) atoms. The first-order chi connectivity index (χ1) is 9.53. The highest BCUT2D eigenvalue weighted by Crippen LogP contribution is 2.28. The van der Waals surface area contributed by atoms with E-state index in [4.69, 9.17) is 0 Å². The molecule has 1 aliphatic carbocycles. The van der Waals surface area contributed by atoms with E-state index in [1.165, 1.54) is 0 Å². The summed E-state index contributed by atoms with van der Waals surface area (Å²) in [5.41, 5.74) is 0. The molecule has 124 valence electrons. The van der Waals surface area contributed by atoms with Gasteiger partial charge in [0.2, 0.25) is 0 Å². The predicted octanol–water partition coefficient (Wildman–Crippen LogP) is 2.32.